The lowest BCUT2D eigenvalue weighted by Crippen LogP contribution is -2.07. The molecule has 90 valence electrons. The van der Waals surface area contributed by atoms with Gasteiger partial charge in [-0.25, -0.2) is 0 Å². The molecule has 0 saturated carbocycles. The fourth-order valence-corrected chi connectivity index (χ4v) is 1.79. The van der Waals surface area contributed by atoms with Crippen LogP contribution in [-0.4, -0.2) is 20.3 Å². The summed E-state index contributed by atoms with van der Waals surface area (Å²) in [6.07, 6.45) is 0.952. The molecule has 0 fully saturated rings. The summed E-state index contributed by atoms with van der Waals surface area (Å²) in [4.78, 5) is 0. The van der Waals surface area contributed by atoms with Crippen LogP contribution in [0.1, 0.15) is 31.7 Å². The molecule has 0 bridgehead atoms. The van der Waals surface area contributed by atoms with Crippen LogP contribution in [0.5, 0.6) is 11.5 Å². The zero-order chi connectivity index (χ0) is 12.0. The molecule has 1 aromatic carbocycles. The van der Waals surface area contributed by atoms with Gasteiger partial charge in [0.15, 0.2) is 11.5 Å². The van der Waals surface area contributed by atoms with Gasteiger partial charge in [0.2, 0.25) is 0 Å². The van der Waals surface area contributed by atoms with Gasteiger partial charge in [0, 0.05) is 5.56 Å². The third-order valence-electron chi connectivity index (χ3n) is 2.65. The Morgan fingerprint density at radius 1 is 1.38 bits per heavy atom. The van der Waals surface area contributed by atoms with Gasteiger partial charge in [-0.3, -0.25) is 0 Å². The Kier molecular flexibility index (Phi) is 5.12. The molecule has 0 spiro atoms. The fraction of sp³-hybridized carbons (Fsp3) is 0.538. The van der Waals surface area contributed by atoms with Crippen molar-refractivity contribution in [3.8, 4) is 11.5 Å². The maximum atomic E-state index is 5.66. The monoisotopic (exact) mass is 223 g/mol. The highest BCUT2D eigenvalue weighted by molar-refractivity contribution is 5.48. The van der Waals surface area contributed by atoms with E-state index in [1.54, 1.807) is 7.11 Å². The van der Waals surface area contributed by atoms with Crippen LogP contribution in [-0.2, 0) is 0 Å². The molecule has 3 heteroatoms. The van der Waals surface area contributed by atoms with E-state index in [0.717, 1.165) is 17.9 Å². The van der Waals surface area contributed by atoms with Gasteiger partial charge in [-0.15, -0.1) is 0 Å². The lowest BCUT2D eigenvalue weighted by molar-refractivity contribution is 0.305. The van der Waals surface area contributed by atoms with Crippen molar-refractivity contribution >= 4 is 0 Å². The summed E-state index contributed by atoms with van der Waals surface area (Å²) in [6, 6.07) is 5.99. The lowest BCUT2D eigenvalue weighted by atomic mass is 9.96. The highest BCUT2D eigenvalue weighted by atomic mass is 16.5. The number of para-hydroxylation sites is 1. The van der Waals surface area contributed by atoms with Crippen LogP contribution >= 0.6 is 0 Å². The van der Waals surface area contributed by atoms with E-state index in [1.165, 1.54) is 5.56 Å². The van der Waals surface area contributed by atoms with E-state index >= 15 is 0 Å². The first-order valence-electron chi connectivity index (χ1n) is 5.74. The molecule has 16 heavy (non-hydrogen) atoms. The largest absolute Gasteiger partial charge is 0.493 e. The van der Waals surface area contributed by atoms with Gasteiger partial charge in [0.1, 0.15) is 0 Å². The molecule has 0 aliphatic carbocycles. The Morgan fingerprint density at radius 3 is 2.69 bits per heavy atom. The Bertz CT molecular complexity index is 326. The first-order valence-corrected chi connectivity index (χ1v) is 5.74. The molecule has 0 aliphatic heterocycles. The highest BCUT2D eigenvalue weighted by Crippen LogP contribution is 2.36. The Labute approximate surface area is 97.6 Å². The van der Waals surface area contributed by atoms with Crippen molar-refractivity contribution in [2.24, 2.45) is 5.73 Å². The molecule has 1 rings (SSSR count). The van der Waals surface area contributed by atoms with Crippen molar-refractivity contribution in [2.75, 3.05) is 20.3 Å². The van der Waals surface area contributed by atoms with Crippen LogP contribution in [0.4, 0.5) is 0 Å². The van der Waals surface area contributed by atoms with Gasteiger partial charge in [0.25, 0.3) is 0 Å². The fourth-order valence-electron chi connectivity index (χ4n) is 1.79. The number of benzene rings is 1. The first-order chi connectivity index (χ1) is 7.74. The third kappa shape index (κ3) is 2.89. The van der Waals surface area contributed by atoms with Crippen molar-refractivity contribution in [1.29, 1.82) is 0 Å². The van der Waals surface area contributed by atoms with E-state index in [0.29, 0.717) is 19.1 Å². The number of hydrogen-bond acceptors (Lipinski definition) is 3. The summed E-state index contributed by atoms with van der Waals surface area (Å²) in [5.41, 5.74) is 6.76. The quantitative estimate of drug-likeness (QED) is 0.806. The summed E-state index contributed by atoms with van der Waals surface area (Å²) in [5, 5.41) is 0. The molecule has 0 amide bonds. The second kappa shape index (κ2) is 6.38. The van der Waals surface area contributed by atoms with Gasteiger partial charge in [-0.05, 0) is 31.9 Å². The highest BCUT2D eigenvalue weighted by Gasteiger charge is 2.15. The number of nitrogens with two attached hydrogens (primary N) is 1. The second-order valence-corrected chi connectivity index (χ2v) is 3.79. The molecule has 0 aliphatic rings. The third-order valence-corrected chi connectivity index (χ3v) is 2.65. The van der Waals surface area contributed by atoms with Crippen LogP contribution in [0, 0.1) is 0 Å². The van der Waals surface area contributed by atoms with Crippen molar-refractivity contribution in [1.82, 2.24) is 0 Å². The summed E-state index contributed by atoms with van der Waals surface area (Å²) in [7, 11) is 1.66. The van der Waals surface area contributed by atoms with Crippen LogP contribution < -0.4 is 15.2 Å². The molecule has 1 unspecified atom stereocenters. The van der Waals surface area contributed by atoms with Crippen LogP contribution in [0.2, 0.25) is 0 Å². The number of hydrogen-bond donors (Lipinski definition) is 1. The molecule has 3 nitrogen and oxygen atoms in total. The maximum Gasteiger partial charge on any atom is 0.164 e. The van der Waals surface area contributed by atoms with E-state index < -0.39 is 0 Å². The average molecular weight is 223 g/mol. The molecular weight excluding hydrogens is 202 g/mol. The minimum Gasteiger partial charge on any atom is -0.493 e. The normalized spacial score (nSPS) is 12.2. The summed E-state index contributed by atoms with van der Waals surface area (Å²) < 4.78 is 11.0. The molecule has 1 aromatic rings. The number of methoxy groups -OCH3 is 1. The Morgan fingerprint density at radius 2 is 2.12 bits per heavy atom. The molecule has 0 heterocycles. The minimum absolute atomic E-state index is 0.390. The van der Waals surface area contributed by atoms with Crippen LogP contribution in [0.3, 0.4) is 0 Å². The first kappa shape index (κ1) is 12.8. The molecule has 2 N–H and O–H groups in total. The Hall–Kier alpha value is -1.22. The predicted molar refractivity (Wildman–Crippen MR) is 66.2 cm³/mol. The predicted octanol–water partition coefficient (Wildman–Crippen LogP) is 2.55. The van der Waals surface area contributed by atoms with E-state index in [1.807, 2.05) is 19.1 Å². The van der Waals surface area contributed by atoms with Gasteiger partial charge >= 0.3 is 0 Å². The SMILES string of the molecule is CCOc1c(OC)cccc1C(C)CCN. The van der Waals surface area contributed by atoms with Gasteiger partial charge in [-0.1, -0.05) is 19.1 Å². The van der Waals surface area contributed by atoms with E-state index in [9.17, 15) is 0 Å². The number of ether oxygens (including phenoxy) is 2. The van der Waals surface area contributed by atoms with Gasteiger partial charge in [-0.2, -0.15) is 0 Å². The Balaban J connectivity index is 3.05. The second-order valence-electron chi connectivity index (χ2n) is 3.79. The lowest BCUT2D eigenvalue weighted by Gasteiger charge is -2.18. The van der Waals surface area contributed by atoms with Crippen molar-refractivity contribution in [2.45, 2.75) is 26.2 Å². The summed E-state index contributed by atoms with van der Waals surface area (Å²) >= 11 is 0. The maximum absolute atomic E-state index is 5.66. The van der Waals surface area contributed by atoms with Gasteiger partial charge in [0.05, 0.1) is 13.7 Å². The van der Waals surface area contributed by atoms with Crippen molar-refractivity contribution in [3.63, 3.8) is 0 Å². The minimum atomic E-state index is 0.390. The topological polar surface area (TPSA) is 44.5 Å². The van der Waals surface area contributed by atoms with Crippen molar-refractivity contribution < 1.29 is 9.47 Å². The van der Waals surface area contributed by atoms with Gasteiger partial charge < -0.3 is 15.2 Å². The van der Waals surface area contributed by atoms with Crippen LogP contribution in [0.15, 0.2) is 18.2 Å². The zero-order valence-electron chi connectivity index (χ0n) is 10.3. The van der Waals surface area contributed by atoms with E-state index in [4.69, 9.17) is 15.2 Å². The van der Waals surface area contributed by atoms with Crippen LogP contribution in [0.25, 0.3) is 0 Å². The molecule has 1 atom stereocenters. The zero-order valence-corrected chi connectivity index (χ0v) is 10.3. The molecular formula is C13H21NO2. The smallest absolute Gasteiger partial charge is 0.164 e. The molecule has 0 aromatic heterocycles. The average Bonchev–Trinajstić information content (AvgIpc) is 2.30. The molecule has 0 radical (unpaired) electrons. The summed E-state index contributed by atoms with van der Waals surface area (Å²) in [6.45, 7) is 5.46. The standard InChI is InChI=1S/C13H21NO2/c1-4-16-13-11(10(2)8-9-14)6-5-7-12(13)15-3/h5-7,10H,4,8-9,14H2,1-3H3. The van der Waals surface area contributed by atoms with E-state index in [2.05, 4.69) is 13.0 Å². The van der Waals surface area contributed by atoms with E-state index in [-0.39, 0.29) is 0 Å². The van der Waals surface area contributed by atoms with Crippen molar-refractivity contribution in [3.05, 3.63) is 23.8 Å². The number of rotatable bonds is 6. The summed E-state index contributed by atoms with van der Waals surface area (Å²) in [5.74, 6) is 2.04. The molecule has 0 saturated heterocycles.